The van der Waals surface area contributed by atoms with Crippen molar-refractivity contribution in [1.29, 1.82) is 0 Å². The molecule has 0 aliphatic carbocycles. The normalized spacial score (nSPS) is 10.1. The molecular weight excluding hydrogens is 283 g/mol. The van der Waals surface area contributed by atoms with Crippen LogP contribution in [0.25, 0.3) is 0 Å². The lowest BCUT2D eigenvalue weighted by Crippen LogP contribution is -2.37. The van der Waals surface area contributed by atoms with Crippen LogP contribution in [-0.4, -0.2) is 19.2 Å². The number of amides is 2. The molecule has 22 heavy (non-hydrogen) atoms. The smallest absolute Gasteiger partial charge is 0.315 e. The van der Waals surface area contributed by atoms with Crippen LogP contribution in [0.1, 0.15) is 11.1 Å². The number of hydrogen-bond donors (Lipinski definition) is 2. The van der Waals surface area contributed by atoms with Gasteiger partial charge in [-0.05, 0) is 25.1 Å². The van der Waals surface area contributed by atoms with E-state index < -0.39 is 0 Å². The van der Waals surface area contributed by atoms with Gasteiger partial charge in [0, 0.05) is 12.1 Å². The minimum atomic E-state index is -0.351. The molecule has 0 aliphatic heterocycles. The molecule has 0 aromatic heterocycles. The molecule has 0 heterocycles. The van der Waals surface area contributed by atoms with Crippen LogP contribution in [0.2, 0.25) is 0 Å². The minimum absolute atomic E-state index is 0.150. The Morgan fingerprint density at radius 1 is 1.09 bits per heavy atom. The summed E-state index contributed by atoms with van der Waals surface area (Å²) in [6.45, 7) is 2.90. The Morgan fingerprint density at radius 3 is 2.55 bits per heavy atom. The second-order valence-electron chi connectivity index (χ2n) is 4.86. The van der Waals surface area contributed by atoms with Gasteiger partial charge < -0.3 is 15.4 Å². The predicted molar refractivity (Wildman–Crippen MR) is 83.3 cm³/mol. The number of carbonyl (C=O) groups excluding carboxylic acids is 1. The first kappa shape index (κ1) is 15.8. The molecule has 5 heteroatoms. The van der Waals surface area contributed by atoms with E-state index in [1.165, 1.54) is 6.07 Å². The van der Waals surface area contributed by atoms with Gasteiger partial charge in [-0.25, -0.2) is 9.18 Å². The standard InChI is InChI=1S/C17H19FN2O2/c1-13-6-8-15(9-7-13)22-11-10-19-17(21)20-12-14-4-2-3-5-16(14)18/h2-9H,10-12H2,1H3,(H2,19,20,21). The summed E-state index contributed by atoms with van der Waals surface area (Å²) in [7, 11) is 0. The lowest BCUT2D eigenvalue weighted by molar-refractivity contribution is 0.236. The number of urea groups is 1. The zero-order valence-corrected chi connectivity index (χ0v) is 12.4. The molecule has 0 atom stereocenters. The first-order valence-corrected chi connectivity index (χ1v) is 7.10. The van der Waals surface area contributed by atoms with Crippen molar-refractivity contribution in [3.05, 3.63) is 65.5 Å². The highest BCUT2D eigenvalue weighted by Gasteiger charge is 2.03. The molecule has 0 unspecified atom stereocenters. The summed E-state index contributed by atoms with van der Waals surface area (Å²) in [5.41, 5.74) is 1.62. The van der Waals surface area contributed by atoms with Crippen LogP contribution in [0, 0.1) is 12.7 Å². The van der Waals surface area contributed by atoms with Crippen LogP contribution in [0.3, 0.4) is 0 Å². The fraction of sp³-hybridized carbons (Fsp3) is 0.235. The van der Waals surface area contributed by atoms with Crippen molar-refractivity contribution < 1.29 is 13.9 Å². The number of halogens is 1. The van der Waals surface area contributed by atoms with E-state index in [0.29, 0.717) is 18.7 Å². The molecule has 0 saturated heterocycles. The number of benzene rings is 2. The average Bonchev–Trinajstić information content (AvgIpc) is 2.52. The Hall–Kier alpha value is -2.56. The summed E-state index contributed by atoms with van der Waals surface area (Å²) < 4.78 is 18.9. The maximum Gasteiger partial charge on any atom is 0.315 e. The summed E-state index contributed by atoms with van der Waals surface area (Å²) in [5.74, 6) is 0.435. The third-order valence-electron chi connectivity index (χ3n) is 3.07. The van der Waals surface area contributed by atoms with Crippen molar-refractivity contribution in [2.75, 3.05) is 13.2 Å². The van der Waals surface area contributed by atoms with E-state index in [2.05, 4.69) is 10.6 Å². The Morgan fingerprint density at radius 2 is 1.82 bits per heavy atom. The van der Waals surface area contributed by atoms with Gasteiger partial charge in [-0.15, -0.1) is 0 Å². The van der Waals surface area contributed by atoms with Crippen LogP contribution in [0.5, 0.6) is 5.75 Å². The Bertz CT molecular complexity index is 614. The van der Waals surface area contributed by atoms with Crippen molar-refractivity contribution in [1.82, 2.24) is 10.6 Å². The van der Waals surface area contributed by atoms with Crippen molar-refractivity contribution >= 4 is 6.03 Å². The molecule has 2 N–H and O–H groups in total. The fourth-order valence-electron chi connectivity index (χ4n) is 1.85. The number of carbonyl (C=O) groups is 1. The Balaban J connectivity index is 1.64. The second kappa shape index (κ2) is 8.02. The first-order valence-electron chi connectivity index (χ1n) is 7.10. The summed E-state index contributed by atoms with van der Waals surface area (Å²) in [6.07, 6.45) is 0. The average molecular weight is 302 g/mol. The zero-order valence-electron chi connectivity index (χ0n) is 12.4. The second-order valence-corrected chi connectivity index (χ2v) is 4.86. The number of aryl methyl sites for hydroxylation is 1. The quantitative estimate of drug-likeness (QED) is 0.806. The van der Waals surface area contributed by atoms with Gasteiger partial charge in [0.1, 0.15) is 18.2 Å². The molecule has 0 spiro atoms. The molecule has 2 rings (SSSR count). The maximum atomic E-state index is 13.4. The van der Waals surface area contributed by atoms with E-state index in [0.717, 1.165) is 11.3 Å². The lowest BCUT2D eigenvalue weighted by atomic mass is 10.2. The van der Waals surface area contributed by atoms with E-state index in [-0.39, 0.29) is 18.4 Å². The van der Waals surface area contributed by atoms with Crippen LogP contribution >= 0.6 is 0 Å². The fourth-order valence-corrected chi connectivity index (χ4v) is 1.85. The summed E-state index contributed by atoms with van der Waals surface area (Å²) in [5, 5.41) is 5.26. The third-order valence-corrected chi connectivity index (χ3v) is 3.07. The lowest BCUT2D eigenvalue weighted by Gasteiger charge is -2.09. The van der Waals surface area contributed by atoms with Crippen LogP contribution in [0.4, 0.5) is 9.18 Å². The summed E-state index contributed by atoms with van der Waals surface area (Å²) in [6, 6.07) is 13.7. The van der Waals surface area contributed by atoms with Gasteiger partial charge in [-0.1, -0.05) is 35.9 Å². The van der Waals surface area contributed by atoms with E-state index in [1.807, 2.05) is 31.2 Å². The molecule has 4 nitrogen and oxygen atoms in total. The van der Waals surface area contributed by atoms with Crippen LogP contribution in [-0.2, 0) is 6.54 Å². The van der Waals surface area contributed by atoms with Gasteiger partial charge in [0.15, 0.2) is 0 Å². The van der Waals surface area contributed by atoms with Crippen molar-refractivity contribution in [3.8, 4) is 5.75 Å². The van der Waals surface area contributed by atoms with Crippen molar-refractivity contribution in [2.24, 2.45) is 0 Å². The minimum Gasteiger partial charge on any atom is -0.492 e. The van der Waals surface area contributed by atoms with Gasteiger partial charge >= 0.3 is 6.03 Å². The molecule has 0 aliphatic rings. The van der Waals surface area contributed by atoms with Crippen molar-refractivity contribution in [3.63, 3.8) is 0 Å². The van der Waals surface area contributed by atoms with E-state index >= 15 is 0 Å². The van der Waals surface area contributed by atoms with Gasteiger partial charge in [0.2, 0.25) is 0 Å². The number of nitrogens with one attached hydrogen (secondary N) is 2. The molecule has 2 aromatic carbocycles. The molecule has 0 saturated carbocycles. The topological polar surface area (TPSA) is 50.4 Å². The van der Waals surface area contributed by atoms with E-state index in [1.54, 1.807) is 18.2 Å². The van der Waals surface area contributed by atoms with Gasteiger partial charge in [0.05, 0.1) is 6.54 Å². The third kappa shape index (κ3) is 5.09. The molecule has 2 aromatic rings. The number of ether oxygens (including phenoxy) is 1. The molecule has 0 radical (unpaired) electrons. The monoisotopic (exact) mass is 302 g/mol. The Kier molecular flexibility index (Phi) is 5.77. The maximum absolute atomic E-state index is 13.4. The van der Waals surface area contributed by atoms with Gasteiger partial charge in [0.25, 0.3) is 0 Å². The predicted octanol–water partition coefficient (Wildman–Crippen LogP) is 3.01. The number of rotatable bonds is 6. The zero-order chi connectivity index (χ0) is 15.8. The highest BCUT2D eigenvalue weighted by molar-refractivity contribution is 5.73. The number of hydrogen-bond acceptors (Lipinski definition) is 2. The summed E-state index contributed by atoms with van der Waals surface area (Å²) in [4.78, 5) is 11.6. The van der Waals surface area contributed by atoms with E-state index in [9.17, 15) is 9.18 Å². The first-order chi connectivity index (χ1) is 10.6. The van der Waals surface area contributed by atoms with Gasteiger partial charge in [-0.2, -0.15) is 0 Å². The molecular formula is C17H19FN2O2. The molecule has 0 bridgehead atoms. The van der Waals surface area contributed by atoms with Crippen LogP contribution < -0.4 is 15.4 Å². The summed E-state index contributed by atoms with van der Waals surface area (Å²) >= 11 is 0. The molecule has 116 valence electrons. The highest BCUT2D eigenvalue weighted by atomic mass is 19.1. The SMILES string of the molecule is Cc1ccc(OCCNC(=O)NCc2ccccc2F)cc1. The highest BCUT2D eigenvalue weighted by Crippen LogP contribution is 2.10. The molecule has 2 amide bonds. The van der Waals surface area contributed by atoms with Crippen molar-refractivity contribution in [2.45, 2.75) is 13.5 Å². The van der Waals surface area contributed by atoms with Crippen LogP contribution in [0.15, 0.2) is 48.5 Å². The Labute approximate surface area is 129 Å². The molecule has 0 fully saturated rings. The largest absolute Gasteiger partial charge is 0.492 e. The van der Waals surface area contributed by atoms with E-state index in [4.69, 9.17) is 4.74 Å². The van der Waals surface area contributed by atoms with Gasteiger partial charge in [-0.3, -0.25) is 0 Å².